The highest BCUT2D eigenvalue weighted by Gasteiger charge is 2.34. The number of nitrogens with zero attached hydrogens (tertiary/aromatic N) is 4. The molecule has 0 spiro atoms. The number of pyridine rings is 1. The van der Waals surface area contributed by atoms with Crippen LogP contribution in [0.15, 0.2) is 54.7 Å². The third-order valence-corrected chi connectivity index (χ3v) is 8.62. The molecule has 0 bridgehead atoms. The van der Waals surface area contributed by atoms with Crippen molar-refractivity contribution in [2.24, 2.45) is 0 Å². The van der Waals surface area contributed by atoms with Gasteiger partial charge in [-0.05, 0) is 86.3 Å². The number of halogens is 4. The summed E-state index contributed by atoms with van der Waals surface area (Å²) < 4.78 is 41.1. The second-order valence-electron chi connectivity index (χ2n) is 11.1. The van der Waals surface area contributed by atoms with Gasteiger partial charge in [0.05, 0.1) is 11.3 Å². The highest BCUT2D eigenvalue weighted by Crippen LogP contribution is 2.37. The van der Waals surface area contributed by atoms with Gasteiger partial charge >= 0.3 is 6.18 Å². The number of hydrogen-bond acceptors (Lipinski definition) is 5. The van der Waals surface area contributed by atoms with Crippen LogP contribution in [-0.2, 0) is 12.7 Å². The van der Waals surface area contributed by atoms with Crippen molar-refractivity contribution in [1.82, 2.24) is 14.8 Å². The zero-order chi connectivity index (χ0) is 28.6. The first-order chi connectivity index (χ1) is 19.8. The van der Waals surface area contributed by atoms with Crippen molar-refractivity contribution in [1.29, 1.82) is 0 Å². The molecule has 1 N–H and O–H groups in total. The summed E-state index contributed by atoms with van der Waals surface area (Å²) in [7, 11) is 0. The number of carbonyl (C=O) groups excluding carboxylic acids is 1. The van der Waals surface area contributed by atoms with E-state index >= 15 is 0 Å². The minimum Gasteiger partial charge on any atom is -0.367 e. The van der Waals surface area contributed by atoms with Crippen LogP contribution in [0.2, 0.25) is 5.02 Å². The number of nitrogens with one attached hydrogen (secondary N) is 1. The number of anilines is 2. The maximum atomic E-state index is 13.7. The average molecular weight is 584 g/mol. The van der Waals surface area contributed by atoms with Crippen LogP contribution in [-0.4, -0.2) is 66.0 Å². The second-order valence-corrected chi connectivity index (χ2v) is 11.6. The Hall–Kier alpha value is -3.30. The van der Waals surface area contributed by atoms with E-state index in [1.165, 1.54) is 25.0 Å². The summed E-state index contributed by atoms with van der Waals surface area (Å²) in [5, 5.41) is 3.51. The second kappa shape index (κ2) is 11.5. The number of carbonyl (C=O) groups is 1. The third-order valence-electron chi connectivity index (χ3n) is 8.39. The van der Waals surface area contributed by atoms with Crippen molar-refractivity contribution in [3.05, 3.63) is 76.4 Å². The number of benzene rings is 2. The lowest BCUT2D eigenvalue weighted by atomic mass is 10.0. The fourth-order valence-corrected chi connectivity index (χ4v) is 6.48. The highest BCUT2D eigenvalue weighted by molar-refractivity contribution is 6.30. The van der Waals surface area contributed by atoms with Crippen molar-refractivity contribution in [3.63, 3.8) is 0 Å². The summed E-state index contributed by atoms with van der Waals surface area (Å²) in [6, 6.07) is 13.5. The predicted octanol–water partition coefficient (Wildman–Crippen LogP) is 6.55. The minimum absolute atomic E-state index is 0.0527. The first kappa shape index (κ1) is 27.8. The van der Waals surface area contributed by atoms with Gasteiger partial charge in [0, 0.05) is 61.1 Å². The highest BCUT2D eigenvalue weighted by atomic mass is 35.5. The summed E-state index contributed by atoms with van der Waals surface area (Å²) in [4.78, 5) is 24.4. The van der Waals surface area contributed by atoms with Gasteiger partial charge in [-0.15, -0.1) is 0 Å². The largest absolute Gasteiger partial charge is 0.416 e. The Morgan fingerprint density at radius 2 is 1.76 bits per heavy atom. The molecular weight excluding hydrogens is 551 g/mol. The molecule has 4 heterocycles. The molecule has 2 fully saturated rings. The van der Waals surface area contributed by atoms with E-state index in [0.717, 1.165) is 61.9 Å². The number of rotatable bonds is 6. The van der Waals surface area contributed by atoms with Crippen molar-refractivity contribution >= 4 is 29.0 Å². The lowest BCUT2D eigenvalue weighted by Crippen LogP contribution is -2.42. The van der Waals surface area contributed by atoms with Crippen molar-refractivity contribution in [2.45, 2.75) is 44.4 Å². The van der Waals surface area contributed by atoms with Gasteiger partial charge < -0.3 is 20.0 Å². The zero-order valence-electron chi connectivity index (χ0n) is 22.8. The van der Waals surface area contributed by atoms with Gasteiger partial charge in [-0.1, -0.05) is 23.7 Å². The minimum atomic E-state index is -4.47. The van der Waals surface area contributed by atoms with E-state index in [9.17, 15) is 18.0 Å². The molecule has 2 aromatic carbocycles. The Labute approximate surface area is 243 Å². The molecule has 2 saturated heterocycles. The van der Waals surface area contributed by atoms with Crippen LogP contribution in [0.25, 0.3) is 11.1 Å². The maximum Gasteiger partial charge on any atom is 0.416 e. The number of aromatic nitrogens is 1. The molecule has 1 unspecified atom stereocenters. The Bertz CT molecular complexity index is 1410. The fourth-order valence-electron chi connectivity index (χ4n) is 6.28. The molecule has 0 saturated carbocycles. The van der Waals surface area contributed by atoms with Crippen LogP contribution in [0.1, 0.15) is 47.2 Å². The quantitative estimate of drug-likeness (QED) is 0.356. The Morgan fingerprint density at radius 3 is 2.51 bits per heavy atom. The molecule has 1 amide bonds. The van der Waals surface area contributed by atoms with Crippen molar-refractivity contribution in [2.75, 3.05) is 49.5 Å². The SMILES string of the molecule is O=C(c1ccc(-c2cnc3c(c2)N(Cc2cc(Cl)ccc2C(F)(F)F)CCN3)cc1)N1CCCC1CN1CCCC1. The molecule has 6 nitrogen and oxygen atoms in total. The maximum absolute atomic E-state index is 13.7. The molecule has 41 heavy (non-hydrogen) atoms. The molecular formula is C31H33ClF3N5O. The van der Waals surface area contributed by atoms with E-state index in [1.54, 1.807) is 6.20 Å². The van der Waals surface area contributed by atoms with E-state index in [2.05, 4.69) is 15.2 Å². The van der Waals surface area contributed by atoms with Gasteiger partial charge in [-0.3, -0.25) is 4.79 Å². The Balaban J connectivity index is 1.21. The van der Waals surface area contributed by atoms with E-state index in [4.69, 9.17) is 11.6 Å². The summed E-state index contributed by atoms with van der Waals surface area (Å²) >= 11 is 6.07. The lowest BCUT2D eigenvalue weighted by Gasteiger charge is -2.32. The number of amides is 1. The Kier molecular flexibility index (Phi) is 7.83. The molecule has 1 atom stereocenters. The molecule has 1 aromatic heterocycles. The first-order valence-electron chi connectivity index (χ1n) is 14.2. The standard InChI is InChI=1S/C31H33ClF3N5O/c32-25-9-10-27(31(33,34)35)24(16-25)19-39-15-11-36-29-28(39)17-23(18-37-29)21-5-7-22(8-6-21)30(41)40-14-3-4-26(40)20-38-12-1-2-13-38/h5-10,16-18,26H,1-4,11-15,19-20H2,(H,36,37). The number of likely N-dealkylation sites (tertiary alicyclic amines) is 2. The molecule has 3 aromatic rings. The zero-order valence-corrected chi connectivity index (χ0v) is 23.5. The summed E-state index contributed by atoms with van der Waals surface area (Å²) in [5.41, 5.74) is 2.53. The summed E-state index contributed by atoms with van der Waals surface area (Å²) in [6.07, 6.45) is 1.84. The molecule has 216 valence electrons. The topological polar surface area (TPSA) is 51.7 Å². The van der Waals surface area contributed by atoms with E-state index < -0.39 is 11.7 Å². The summed E-state index contributed by atoms with van der Waals surface area (Å²) in [6.45, 7) is 5.12. The molecule has 6 rings (SSSR count). The third kappa shape index (κ3) is 6.02. The van der Waals surface area contributed by atoms with E-state index in [1.807, 2.05) is 40.1 Å². The van der Waals surface area contributed by atoms with Crippen LogP contribution < -0.4 is 10.2 Å². The van der Waals surface area contributed by atoms with E-state index in [0.29, 0.717) is 24.5 Å². The molecule has 3 aliphatic rings. The Morgan fingerprint density at radius 1 is 0.976 bits per heavy atom. The molecule has 0 aliphatic carbocycles. The number of alkyl halides is 3. The lowest BCUT2D eigenvalue weighted by molar-refractivity contribution is -0.138. The van der Waals surface area contributed by atoms with Crippen LogP contribution in [0.4, 0.5) is 24.7 Å². The van der Waals surface area contributed by atoms with Crippen LogP contribution >= 0.6 is 11.6 Å². The van der Waals surface area contributed by atoms with Crippen molar-refractivity contribution in [3.8, 4) is 11.1 Å². The van der Waals surface area contributed by atoms with Crippen LogP contribution in [0.3, 0.4) is 0 Å². The van der Waals surface area contributed by atoms with Gasteiger partial charge in [0.15, 0.2) is 0 Å². The fraction of sp³-hybridized carbons (Fsp3) is 0.419. The number of hydrogen-bond donors (Lipinski definition) is 1. The van der Waals surface area contributed by atoms with Gasteiger partial charge in [0.1, 0.15) is 5.82 Å². The predicted molar refractivity (Wildman–Crippen MR) is 155 cm³/mol. The summed E-state index contributed by atoms with van der Waals surface area (Å²) in [5.74, 6) is 0.694. The molecule has 3 aliphatic heterocycles. The molecule has 0 radical (unpaired) electrons. The average Bonchev–Trinajstić information content (AvgIpc) is 3.65. The normalized spacial score (nSPS) is 19.4. The van der Waals surface area contributed by atoms with Crippen LogP contribution in [0.5, 0.6) is 0 Å². The smallest absolute Gasteiger partial charge is 0.367 e. The van der Waals surface area contributed by atoms with Gasteiger partial charge in [0.2, 0.25) is 0 Å². The van der Waals surface area contributed by atoms with E-state index in [-0.39, 0.29) is 29.1 Å². The van der Waals surface area contributed by atoms with Crippen molar-refractivity contribution < 1.29 is 18.0 Å². The van der Waals surface area contributed by atoms with Gasteiger partial charge in [-0.2, -0.15) is 13.2 Å². The number of fused-ring (bicyclic) bond motifs is 1. The van der Waals surface area contributed by atoms with Gasteiger partial charge in [-0.25, -0.2) is 4.98 Å². The van der Waals surface area contributed by atoms with Gasteiger partial charge in [0.25, 0.3) is 5.91 Å². The first-order valence-corrected chi connectivity index (χ1v) is 14.6. The van der Waals surface area contributed by atoms with Crippen LogP contribution in [0, 0.1) is 0 Å². The monoisotopic (exact) mass is 583 g/mol. The molecule has 10 heteroatoms.